The SMILES string of the molecule is CCCCCCCCCCCCCCCCCC(=O)O.CCCCCCCCCCCCCCCCCCCCCC(=O)NCCCN(C)C. The van der Waals surface area contributed by atoms with E-state index in [4.69, 9.17) is 5.11 Å². The van der Waals surface area contributed by atoms with Crippen molar-refractivity contribution in [1.82, 2.24) is 10.2 Å². The predicted octanol–water partition coefficient (Wildman–Crippen LogP) is 14.2. The van der Waals surface area contributed by atoms with Gasteiger partial charge in [-0.05, 0) is 39.9 Å². The maximum Gasteiger partial charge on any atom is 0.303 e. The van der Waals surface area contributed by atoms with Crippen LogP contribution in [0.25, 0.3) is 0 Å². The number of unbranched alkanes of at least 4 members (excludes halogenated alkanes) is 32. The van der Waals surface area contributed by atoms with Crippen molar-refractivity contribution >= 4 is 11.9 Å². The number of nitrogens with zero attached hydrogens (tertiary/aromatic N) is 1. The second kappa shape index (κ2) is 45.9. The molecular weight excluding hydrogens is 617 g/mol. The molecule has 0 aliphatic heterocycles. The third-order valence-corrected chi connectivity index (χ3v) is 10.1. The highest BCUT2D eigenvalue weighted by atomic mass is 16.4. The van der Waals surface area contributed by atoms with Crippen molar-refractivity contribution < 1.29 is 14.7 Å². The van der Waals surface area contributed by atoms with Crippen LogP contribution in [0.15, 0.2) is 0 Å². The molecule has 5 heteroatoms. The zero-order chi connectivity index (χ0) is 37.0. The molecular formula is C45H92N2O3. The van der Waals surface area contributed by atoms with Crippen molar-refractivity contribution in [3.05, 3.63) is 0 Å². The van der Waals surface area contributed by atoms with Gasteiger partial charge in [-0.1, -0.05) is 219 Å². The minimum Gasteiger partial charge on any atom is -0.481 e. The Morgan fingerprint density at radius 1 is 0.400 bits per heavy atom. The topological polar surface area (TPSA) is 69.6 Å². The van der Waals surface area contributed by atoms with E-state index in [1.165, 1.54) is 199 Å². The van der Waals surface area contributed by atoms with Gasteiger partial charge in [0.25, 0.3) is 0 Å². The fourth-order valence-corrected chi connectivity index (χ4v) is 6.72. The third-order valence-electron chi connectivity index (χ3n) is 10.1. The number of carboxylic acids is 1. The fourth-order valence-electron chi connectivity index (χ4n) is 6.72. The Morgan fingerprint density at radius 3 is 0.920 bits per heavy atom. The minimum absolute atomic E-state index is 0.237. The first-order valence-corrected chi connectivity index (χ1v) is 22.6. The largest absolute Gasteiger partial charge is 0.481 e. The summed E-state index contributed by atoms with van der Waals surface area (Å²) in [6.45, 7) is 6.42. The number of amides is 1. The standard InChI is InChI=1S/C27H56N2O.C18H36O2/c1-4-5-6-7-8-9-10-11-12-13-14-15-16-17-18-19-20-21-22-24-27(30)28-25-23-26-29(2)3;1-2-3-4-5-6-7-8-9-10-11-12-13-14-15-16-17-18(19)20/h4-26H2,1-3H3,(H,28,30);2-17H2,1H3,(H,19,20). The second-order valence-corrected chi connectivity index (χ2v) is 15.7. The van der Waals surface area contributed by atoms with Gasteiger partial charge in [-0.25, -0.2) is 0 Å². The molecule has 300 valence electrons. The molecule has 0 fully saturated rings. The van der Waals surface area contributed by atoms with Crippen molar-refractivity contribution in [2.24, 2.45) is 0 Å². The van der Waals surface area contributed by atoms with Gasteiger partial charge in [0.1, 0.15) is 0 Å². The Labute approximate surface area is 314 Å². The quantitative estimate of drug-likeness (QED) is 0.0622. The van der Waals surface area contributed by atoms with Crippen LogP contribution in [-0.2, 0) is 9.59 Å². The summed E-state index contributed by atoms with van der Waals surface area (Å²) in [6, 6.07) is 0. The van der Waals surface area contributed by atoms with Crippen LogP contribution < -0.4 is 5.32 Å². The van der Waals surface area contributed by atoms with Crippen LogP contribution in [0, 0.1) is 0 Å². The van der Waals surface area contributed by atoms with Crippen molar-refractivity contribution in [3.63, 3.8) is 0 Å². The van der Waals surface area contributed by atoms with E-state index in [2.05, 4.69) is 38.2 Å². The van der Waals surface area contributed by atoms with Crippen LogP contribution >= 0.6 is 0 Å². The maximum absolute atomic E-state index is 11.7. The van der Waals surface area contributed by atoms with Gasteiger partial charge in [0.15, 0.2) is 0 Å². The number of rotatable bonds is 40. The van der Waals surface area contributed by atoms with E-state index in [1.807, 2.05) is 0 Å². The Hall–Kier alpha value is -1.10. The van der Waals surface area contributed by atoms with Gasteiger partial charge in [0.05, 0.1) is 0 Å². The molecule has 0 rings (SSSR count). The highest BCUT2D eigenvalue weighted by molar-refractivity contribution is 5.75. The zero-order valence-electron chi connectivity index (χ0n) is 34.8. The zero-order valence-corrected chi connectivity index (χ0v) is 34.8. The third kappa shape index (κ3) is 51.3. The summed E-state index contributed by atoms with van der Waals surface area (Å²) in [5, 5.41) is 11.5. The molecule has 5 nitrogen and oxygen atoms in total. The van der Waals surface area contributed by atoms with E-state index >= 15 is 0 Å². The fraction of sp³-hybridized carbons (Fsp3) is 0.956. The van der Waals surface area contributed by atoms with E-state index in [-0.39, 0.29) is 5.91 Å². The first kappa shape index (κ1) is 51.0. The molecule has 0 aromatic heterocycles. The average molecular weight is 709 g/mol. The molecule has 0 aromatic carbocycles. The van der Waals surface area contributed by atoms with Gasteiger partial charge >= 0.3 is 5.97 Å². The summed E-state index contributed by atoms with van der Waals surface area (Å²) >= 11 is 0. The lowest BCUT2D eigenvalue weighted by atomic mass is 10.0. The van der Waals surface area contributed by atoms with Gasteiger partial charge in [-0.2, -0.15) is 0 Å². The number of nitrogens with one attached hydrogen (secondary N) is 1. The monoisotopic (exact) mass is 709 g/mol. The molecule has 0 atom stereocenters. The molecule has 0 heterocycles. The lowest BCUT2D eigenvalue weighted by molar-refractivity contribution is -0.137. The van der Waals surface area contributed by atoms with E-state index in [1.54, 1.807) is 0 Å². The molecule has 1 amide bonds. The van der Waals surface area contributed by atoms with E-state index < -0.39 is 5.97 Å². The van der Waals surface area contributed by atoms with Crippen LogP contribution in [0.3, 0.4) is 0 Å². The number of carboxylic acid groups (broad SMARTS) is 1. The second-order valence-electron chi connectivity index (χ2n) is 15.7. The lowest BCUT2D eigenvalue weighted by Gasteiger charge is -2.09. The summed E-state index contributed by atoms with van der Waals surface area (Å²) < 4.78 is 0. The Morgan fingerprint density at radius 2 is 0.660 bits per heavy atom. The highest BCUT2D eigenvalue weighted by Crippen LogP contribution is 2.16. The first-order chi connectivity index (χ1) is 24.4. The summed E-state index contributed by atoms with van der Waals surface area (Å²) in [5.74, 6) is -0.416. The molecule has 0 spiro atoms. The predicted molar refractivity (Wildman–Crippen MR) is 221 cm³/mol. The summed E-state index contributed by atoms with van der Waals surface area (Å²) in [4.78, 5) is 24.2. The average Bonchev–Trinajstić information content (AvgIpc) is 3.09. The van der Waals surface area contributed by atoms with Crippen LogP contribution in [0.1, 0.15) is 251 Å². The number of carbonyl (C=O) groups excluding carboxylic acids is 1. The molecule has 0 saturated heterocycles. The maximum atomic E-state index is 11.7. The number of carbonyl (C=O) groups is 2. The summed E-state index contributed by atoms with van der Waals surface area (Å²) in [6.07, 6.45) is 48.4. The smallest absolute Gasteiger partial charge is 0.303 e. The highest BCUT2D eigenvalue weighted by Gasteiger charge is 2.01. The molecule has 0 radical (unpaired) electrons. The molecule has 50 heavy (non-hydrogen) atoms. The molecule has 0 bridgehead atoms. The number of aliphatic carboxylic acids is 1. The summed E-state index contributed by atoms with van der Waals surface area (Å²) in [7, 11) is 4.14. The Kier molecular flexibility index (Phi) is 46.8. The van der Waals surface area contributed by atoms with Gasteiger partial charge in [0.2, 0.25) is 5.91 Å². The van der Waals surface area contributed by atoms with Crippen LogP contribution in [0.5, 0.6) is 0 Å². The minimum atomic E-state index is -0.653. The van der Waals surface area contributed by atoms with Crippen molar-refractivity contribution in [2.75, 3.05) is 27.2 Å². The van der Waals surface area contributed by atoms with Gasteiger partial charge in [-0.3, -0.25) is 9.59 Å². The van der Waals surface area contributed by atoms with Crippen LogP contribution in [0.4, 0.5) is 0 Å². The van der Waals surface area contributed by atoms with Crippen LogP contribution in [0.2, 0.25) is 0 Å². The van der Waals surface area contributed by atoms with Gasteiger partial charge in [-0.15, -0.1) is 0 Å². The summed E-state index contributed by atoms with van der Waals surface area (Å²) in [5.41, 5.74) is 0. The first-order valence-electron chi connectivity index (χ1n) is 22.6. The van der Waals surface area contributed by atoms with Crippen molar-refractivity contribution in [3.8, 4) is 0 Å². The molecule has 2 N–H and O–H groups in total. The molecule has 0 saturated carbocycles. The van der Waals surface area contributed by atoms with Crippen molar-refractivity contribution in [2.45, 2.75) is 251 Å². The van der Waals surface area contributed by atoms with Gasteiger partial charge < -0.3 is 15.3 Å². The van der Waals surface area contributed by atoms with Gasteiger partial charge in [0, 0.05) is 19.4 Å². The molecule has 0 aliphatic carbocycles. The number of hydrogen-bond donors (Lipinski definition) is 2. The van der Waals surface area contributed by atoms with Crippen molar-refractivity contribution in [1.29, 1.82) is 0 Å². The molecule has 0 aromatic rings. The van der Waals surface area contributed by atoms with E-state index in [0.717, 1.165) is 38.8 Å². The Bertz CT molecular complexity index is 654. The van der Waals surface area contributed by atoms with E-state index in [0.29, 0.717) is 12.8 Å². The lowest BCUT2D eigenvalue weighted by Crippen LogP contribution is -2.26. The normalized spacial score (nSPS) is 11.1. The van der Waals surface area contributed by atoms with E-state index in [9.17, 15) is 9.59 Å². The molecule has 0 aliphatic rings. The number of hydrogen-bond acceptors (Lipinski definition) is 3. The Balaban J connectivity index is 0. The molecule has 0 unspecified atom stereocenters. The van der Waals surface area contributed by atoms with Crippen LogP contribution in [-0.4, -0.2) is 49.1 Å².